The Bertz CT molecular complexity index is 799. The number of methoxy groups -OCH3 is 1. The lowest BCUT2D eigenvalue weighted by molar-refractivity contribution is -0.137. The smallest absolute Gasteiger partial charge is 0.416 e. The van der Waals surface area contributed by atoms with Crippen LogP contribution in [0.2, 0.25) is 0 Å². The van der Waals surface area contributed by atoms with Gasteiger partial charge in [-0.25, -0.2) is 4.39 Å². The molecule has 0 bridgehead atoms. The molecular formula is C14H10F4O4S. The summed E-state index contributed by atoms with van der Waals surface area (Å²) in [7, 11) is -3.37. The van der Waals surface area contributed by atoms with Gasteiger partial charge in [0.05, 0.1) is 12.7 Å². The lowest BCUT2D eigenvalue weighted by atomic mass is 10.2. The normalized spacial score (nSPS) is 12.0. The molecule has 0 unspecified atom stereocenters. The van der Waals surface area contributed by atoms with Crippen LogP contribution in [0.5, 0.6) is 11.5 Å². The summed E-state index contributed by atoms with van der Waals surface area (Å²) in [6.07, 6.45) is -4.81. The zero-order valence-electron chi connectivity index (χ0n) is 11.6. The van der Waals surface area contributed by atoms with Gasteiger partial charge in [-0.3, -0.25) is 0 Å². The lowest BCUT2D eigenvalue weighted by Crippen LogP contribution is -2.14. The van der Waals surface area contributed by atoms with E-state index in [2.05, 4.69) is 4.18 Å². The van der Waals surface area contributed by atoms with Gasteiger partial charge in [0.15, 0.2) is 0 Å². The molecule has 0 amide bonds. The van der Waals surface area contributed by atoms with Crippen molar-refractivity contribution < 1.29 is 34.9 Å². The zero-order valence-corrected chi connectivity index (χ0v) is 12.4. The predicted octanol–water partition coefficient (Wildman–Crippen LogP) is 3.62. The fourth-order valence-corrected chi connectivity index (χ4v) is 2.71. The van der Waals surface area contributed by atoms with Crippen LogP contribution in [0.1, 0.15) is 5.56 Å². The molecule has 2 aromatic carbocycles. The maximum absolute atomic E-state index is 13.6. The van der Waals surface area contributed by atoms with E-state index in [1.54, 1.807) is 0 Å². The first-order chi connectivity index (χ1) is 10.6. The molecule has 23 heavy (non-hydrogen) atoms. The van der Waals surface area contributed by atoms with Crippen LogP contribution in [-0.2, 0) is 16.3 Å². The summed E-state index contributed by atoms with van der Waals surface area (Å²) in [5.41, 5.74) is -1.30. The van der Waals surface area contributed by atoms with E-state index in [1.807, 2.05) is 0 Å². The Morgan fingerprint density at radius 3 is 2.04 bits per heavy atom. The Morgan fingerprint density at radius 1 is 0.957 bits per heavy atom. The summed E-state index contributed by atoms with van der Waals surface area (Å²) < 4.78 is 85.0. The maximum Gasteiger partial charge on any atom is 0.416 e. The largest absolute Gasteiger partial charge is 0.497 e. The summed E-state index contributed by atoms with van der Waals surface area (Å²) in [4.78, 5) is -1.19. The summed E-state index contributed by atoms with van der Waals surface area (Å²) in [6, 6.07) is 6.27. The van der Waals surface area contributed by atoms with Gasteiger partial charge in [0.1, 0.15) is 22.2 Å². The van der Waals surface area contributed by atoms with Crippen LogP contribution in [-0.4, -0.2) is 15.5 Å². The molecule has 0 atom stereocenters. The molecule has 0 saturated carbocycles. The highest BCUT2D eigenvalue weighted by Gasteiger charge is 2.33. The molecule has 0 heterocycles. The molecule has 0 aliphatic rings. The fourth-order valence-electron chi connectivity index (χ4n) is 1.67. The van der Waals surface area contributed by atoms with E-state index in [9.17, 15) is 26.0 Å². The number of alkyl halides is 3. The third kappa shape index (κ3) is 3.92. The molecule has 0 saturated heterocycles. The SMILES string of the molecule is COc1ccc(OS(=O)(=O)c2cc(C(F)(F)F)ccc2F)cc1. The summed E-state index contributed by atoms with van der Waals surface area (Å²) in [5, 5.41) is 0. The second-order valence-corrected chi connectivity index (χ2v) is 5.87. The molecule has 0 aromatic heterocycles. The quantitative estimate of drug-likeness (QED) is 0.624. The number of hydrogen-bond acceptors (Lipinski definition) is 4. The third-order valence-electron chi connectivity index (χ3n) is 2.79. The Labute approximate surface area is 129 Å². The second kappa shape index (κ2) is 6.07. The van der Waals surface area contributed by atoms with Crippen molar-refractivity contribution in [3.05, 3.63) is 53.8 Å². The molecular weight excluding hydrogens is 340 g/mol. The molecule has 0 fully saturated rings. The minimum Gasteiger partial charge on any atom is -0.497 e. The molecule has 0 aliphatic heterocycles. The number of benzene rings is 2. The highest BCUT2D eigenvalue weighted by molar-refractivity contribution is 7.87. The van der Waals surface area contributed by atoms with Crippen molar-refractivity contribution in [1.29, 1.82) is 0 Å². The van der Waals surface area contributed by atoms with Crippen LogP contribution in [0, 0.1) is 5.82 Å². The van der Waals surface area contributed by atoms with Crippen molar-refractivity contribution in [3.8, 4) is 11.5 Å². The topological polar surface area (TPSA) is 52.6 Å². The molecule has 4 nitrogen and oxygen atoms in total. The number of rotatable bonds is 4. The number of ether oxygens (including phenoxy) is 1. The van der Waals surface area contributed by atoms with Crippen molar-refractivity contribution in [2.24, 2.45) is 0 Å². The highest BCUT2D eigenvalue weighted by Crippen LogP contribution is 2.32. The minimum absolute atomic E-state index is 0.189. The van der Waals surface area contributed by atoms with Crippen molar-refractivity contribution in [2.45, 2.75) is 11.1 Å². The van der Waals surface area contributed by atoms with Gasteiger partial charge < -0.3 is 8.92 Å². The molecule has 2 rings (SSSR count). The average Bonchev–Trinajstić information content (AvgIpc) is 2.46. The monoisotopic (exact) mass is 350 g/mol. The number of hydrogen-bond donors (Lipinski definition) is 0. The predicted molar refractivity (Wildman–Crippen MR) is 72.2 cm³/mol. The molecule has 0 N–H and O–H groups in total. The minimum atomic E-state index is -4.81. The Morgan fingerprint density at radius 2 is 1.52 bits per heavy atom. The lowest BCUT2D eigenvalue weighted by Gasteiger charge is -2.11. The molecule has 0 aliphatic carbocycles. The first kappa shape index (κ1) is 17.1. The fraction of sp³-hybridized carbons (Fsp3) is 0.143. The van der Waals surface area contributed by atoms with E-state index in [0.717, 1.165) is 0 Å². The first-order valence-electron chi connectivity index (χ1n) is 6.09. The molecule has 2 aromatic rings. The van der Waals surface area contributed by atoms with Gasteiger partial charge in [0.25, 0.3) is 0 Å². The van der Waals surface area contributed by atoms with Gasteiger partial charge in [-0.05, 0) is 42.5 Å². The molecule has 0 spiro atoms. The maximum atomic E-state index is 13.6. The van der Waals surface area contributed by atoms with Crippen LogP contribution in [0.25, 0.3) is 0 Å². The molecule has 9 heteroatoms. The van der Waals surface area contributed by atoms with Gasteiger partial charge in [-0.15, -0.1) is 0 Å². The van der Waals surface area contributed by atoms with Gasteiger partial charge in [0.2, 0.25) is 0 Å². The molecule has 124 valence electrons. The van der Waals surface area contributed by atoms with Gasteiger partial charge in [-0.1, -0.05) is 0 Å². The van der Waals surface area contributed by atoms with E-state index < -0.39 is 32.6 Å². The van der Waals surface area contributed by atoms with E-state index >= 15 is 0 Å². The van der Waals surface area contributed by atoms with Gasteiger partial charge >= 0.3 is 16.3 Å². The van der Waals surface area contributed by atoms with Crippen molar-refractivity contribution in [1.82, 2.24) is 0 Å². The first-order valence-corrected chi connectivity index (χ1v) is 7.49. The van der Waals surface area contributed by atoms with Gasteiger partial charge in [-0.2, -0.15) is 21.6 Å². The Balaban J connectivity index is 2.38. The second-order valence-electron chi connectivity index (χ2n) is 4.36. The van der Waals surface area contributed by atoms with E-state index in [1.165, 1.54) is 31.4 Å². The van der Waals surface area contributed by atoms with Gasteiger partial charge in [0, 0.05) is 0 Å². The van der Waals surface area contributed by atoms with E-state index in [-0.39, 0.29) is 11.8 Å². The van der Waals surface area contributed by atoms with Crippen molar-refractivity contribution >= 4 is 10.1 Å². The third-order valence-corrected chi connectivity index (χ3v) is 4.06. The van der Waals surface area contributed by atoms with Crippen molar-refractivity contribution in [3.63, 3.8) is 0 Å². The van der Waals surface area contributed by atoms with Crippen LogP contribution in [0.4, 0.5) is 17.6 Å². The Kier molecular flexibility index (Phi) is 4.51. The van der Waals surface area contributed by atoms with Crippen LogP contribution >= 0.6 is 0 Å². The summed E-state index contributed by atoms with van der Waals surface area (Å²) in [5.74, 6) is -1.12. The number of halogens is 4. The summed E-state index contributed by atoms with van der Waals surface area (Å²) in [6.45, 7) is 0. The Hall–Kier alpha value is -2.29. The summed E-state index contributed by atoms with van der Waals surface area (Å²) >= 11 is 0. The van der Waals surface area contributed by atoms with E-state index in [4.69, 9.17) is 4.74 Å². The van der Waals surface area contributed by atoms with Crippen LogP contribution < -0.4 is 8.92 Å². The zero-order chi connectivity index (χ0) is 17.3. The standard InChI is InChI=1S/C14H10F4O4S/c1-21-10-3-5-11(6-4-10)22-23(19,20)13-8-9(14(16,17)18)2-7-12(13)15/h2-8H,1H3. The van der Waals surface area contributed by atoms with Crippen LogP contribution in [0.3, 0.4) is 0 Å². The average molecular weight is 350 g/mol. The highest BCUT2D eigenvalue weighted by atomic mass is 32.2. The molecule has 0 radical (unpaired) electrons. The van der Waals surface area contributed by atoms with Crippen LogP contribution in [0.15, 0.2) is 47.4 Å². The van der Waals surface area contributed by atoms with Crippen molar-refractivity contribution in [2.75, 3.05) is 7.11 Å². The van der Waals surface area contributed by atoms with E-state index in [0.29, 0.717) is 17.9 Å².